The average molecular weight is 655 g/mol. The van der Waals surface area contributed by atoms with Crippen LogP contribution in [0.4, 0.5) is 10.5 Å². The first-order chi connectivity index (χ1) is 22.7. The van der Waals surface area contributed by atoms with Gasteiger partial charge in [-0.25, -0.2) is 18.3 Å². The Morgan fingerprint density at radius 2 is 1.81 bits per heavy atom. The van der Waals surface area contributed by atoms with E-state index in [9.17, 15) is 18.6 Å². The van der Waals surface area contributed by atoms with Gasteiger partial charge in [0.15, 0.2) is 0 Å². The molecule has 2 unspecified atom stereocenters. The molecule has 4 amide bonds. The van der Waals surface area contributed by atoms with E-state index in [0.29, 0.717) is 37.4 Å². The van der Waals surface area contributed by atoms with E-state index in [4.69, 9.17) is 4.98 Å². The van der Waals surface area contributed by atoms with Gasteiger partial charge >= 0.3 is 6.03 Å². The highest BCUT2D eigenvalue weighted by Crippen LogP contribution is 2.37. The van der Waals surface area contributed by atoms with E-state index in [2.05, 4.69) is 40.9 Å². The number of piperidine rings is 3. The molecule has 3 fully saturated rings. The molecule has 2 aromatic carbocycles. The van der Waals surface area contributed by atoms with E-state index in [-0.39, 0.29) is 29.3 Å². The Morgan fingerprint density at radius 1 is 1.00 bits per heavy atom. The lowest BCUT2D eigenvalue weighted by atomic mass is 9.90. The molecule has 10 nitrogen and oxygen atoms in total. The van der Waals surface area contributed by atoms with E-state index >= 15 is 0 Å². The number of rotatable bonds is 6. The standard InChI is InChI=1S/C36H42N6O4S/c1-36(2)16-5-6-17-41(36)47(46)23-24-8-7-9-27(20-24)38-35(45)40-18-14-25(15-19-40)26-21-29-28-10-3-4-11-30(28)42(33(29)37-22-26)31-12-13-32(43)39-34(31)44/h3-4,7-11,20-22,25,31H,5-6,12-19,23H2,1-2H3,(H,38,45)(H,39,43,44). The second kappa shape index (κ2) is 12.8. The molecule has 47 heavy (non-hydrogen) atoms. The van der Waals surface area contributed by atoms with Crippen molar-refractivity contribution in [3.63, 3.8) is 0 Å². The number of para-hydroxylation sites is 1. The van der Waals surface area contributed by atoms with Crippen molar-refractivity contribution in [2.45, 2.75) is 82.0 Å². The van der Waals surface area contributed by atoms with Crippen LogP contribution in [0.1, 0.15) is 81.9 Å². The van der Waals surface area contributed by atoms with Gasteiger partial charge in [-0.1, -0.05) is 36.8 Å². The lowest BCUT2D eigenvalue weighted by Gasteiger charge is -2.41. The van der Waals surface area contributed by atoms with Crippen molar-refractivity contribution in [1.29, 1.82) is 0 Å². The number of carbonyl (C=O) groups excluding carboxylic acids is 3. The Balaban J connectivity index is 1.01. The molecule has 2 aromatic heterocycles. The fourth-order valence-corrected chi connectivity index (χ4v) is 9.15. The Labute approximate surface area is 277 Å². The lowest BCUT2D eigenvalue weighted by molar-refractivity contribution is -0.135. The number of hydrogen-bond donors (Lipinski definition) is 2. The van der Waals surface area contributed by atoms with Crippen molar-refractivity contribution in [2.24, 2.45) is 0 Å². The Hall–Kier alpha value is -4.09. The number of pyridine rings is 1. The summed E-state index contributed by atoms with van der Waals surface area (Å²) in [5.41, 5.74) is 4.39. The predicted octanol–water partition coefficient (Wildman–Crippen LogP) is 6.01. The molecule has 2 atom stereocenters. The van der Waals surface area contributed by atoms with E-state index in [1.54, 1.807) is 0 Å². The number of urea groups is 1. The van der Waals surface area contributed by atoms with Crippen molar-refractivity contribution in [1.82, 2.24) is 24.1 Å². The molecule has 11 heteroatoms. The maximum atomic E-state index is 13.3. The first-order valence-corrected chi connectivity index (χ1v) is 18.0. The largest absolute Gasteiger partial charge is 0.324 e. The minimum atomic E-state index is -1.12. The molecule has 3 saturated heterocycles. The van der Waals surface area contributed by atoms with Gasteiger partial charge in [-0.2, -0.15) is 0 Å². The van der Waals surface area contributed by atoms with E-state index in [0.717, 1.165) is 65.3 Å². The van der Waals surface area contributed by atoms with Crippen LogP contribution in [0.2, 0.25) is 0 Å². The number of likely N-dealkylation sites (tertiary alicyclic amines) is 1. The summed E-state index contributed by atoms with van der Waals surface area (Å²) in [5.74, 6) is 0.166. The van der Waals surface area contributed by atoms with Crippen molar-refractivity contribution < 1.29 is 18.6 Å². The predicted molar refractivity (Wildman–Crippen MR) is 184 cm³/mol. The smallest absolute Gasteiger partial charge is 0.321 e. The Morgan fingerprint density at radius 3 is 2.60 bits per heavy atom. The summed E-state index contributed by atoms with van der Waals surface area (Å²) in [6.45, 7) is 6.44. The van der Waals surface area contributed by atoms with Crippen molar-refractivity contribution in [2.75, 3.05) is 25.0 Å². The second-order valence-corrected chi connectivity index (χ2v) is 15.1. The van der Waals surface area contributed by atoms with Crippen LogP contribution in [0, 0.1) is 0 Å². The van der Waals surface area contributed by atoms with Crippen molar-refractivity contribution in [3.8, 4) is 0 Å². The lowest BCUT2D eigenvalue weighted by Crippen LogP contribution is -2.48. The number of imide groups is 1. The summed E-state index contributed by atoms with van der Waals surface area (Å²) >= 11 is 0. The van der Waals surface area contributed by atoms with Crippen molar-refractivity contribution in [3.05, 3.63) is 71.9 Å². The van der Waals surface area contributed by atoms with Crippen LogP contribution in [-0.2, 0) is 26.3 Å². The number of anilines is 1. The summed E-state index contributed by atoms with van der Waals surface area (Å²) < 4.78 is 17.4. The molecule has 7 rings (SSSR count). The van der Waals surface area contributed by atoms with E-state index < -0.39 is 17.0 Å². The van der Waals surface area contributed by atoms with Crippen LogP contribution in [0.3, 0.4) is 0 Å². The average Bonchev–Trinajstić information content (AvgIpc) is 3.38. The summed E-state index contributed by atoms with van der Waals surface area (Å²) in [6, 6.07) is 17.3. The normalized spacial score (nSPS) is 21.6. The second-order valence-electron chi connectivity index (χ2n) is 13.7. The zero-order valence-corrected chi connectivity index (χ0v) is 27.9. The molecule has 0 spiro atoms. The van der Waals surface area contributed by atoms with Gasteiger partial charge in [0.05, 0.1) is 22.3 Å². The van der Waals surface area contributed by atoms with Crippen molar-refractivity contribution >= 4 is 56.5 Å². The van der Waals surface area contributed by atoms with Crippen LogP contribution in [0.5, 0.6) is 0 Å². The molecule has 3 aliphatic rings. The molecule has 0 saturated carbocycles. The molecular weight excluding hydrogens is 613 g/mol. The van der Waals surface area contributed by atoms with Crippen LogP contribution >= 0.6 is 0 Å². The highest BCUT2D eigenvalue weighted by Gasteiger charge is 2.34. The van der Waals surface area contributed by atoms with Crippen LogP contribution in [-0.4, -0.2) is 66.0 Å². The van der Waals surface area contributed by atoms with Gasteiger partial charge in [0.2, 0.25) is 11.8 Å². The quantitative estimate of drug-likeness (QED) is 0.247. The number of nitrogens with zero attached hydrogens (tertiary/aromatic N) is 4. The SMILES string of the molecule is CC1(C)CCCCN1S(=O)Cc1cccc(NC(=O)N2CCC(c3cnc4c(c3)c3ccccc3n4C3CCC(=O)NC3=O)CC2)c1. The number of aromatic nitrogens is 2. The molecule has 3 aliphatic heterocycles. The number of hydrogen-bond acceptors (Lipinski definition) is 5. The van der Waals surface area contributed by atoms with Gasteiger partial charge in [0.25, 0.3) is 0 Å². The number of fused-ring (bicyclic) bond motifs is 3. The molecule has 0 radical (unpaired) electrons. The minimum Gasteiger partial charge on any atom is -0.324 e. The maximum absolute atomic E-state index is 13.3. The first kappa shape index (κ1) is 31.5. The van der Waals surface area contributed by atoms with Crippen LogP contribution in [0.15, 0.2) is 60.8 Å². The highest BCUT2D eigenvalue weighted by molar-refractivity contribution is 7.81. The van der Waals surface area contributed by atoms with Crippen LogP contribution in [0.25, 0.3) is 21.9 Å². The number of amides is 4. The van der Waals surface area contributed by atoms with E-state index in [1.165, 1.54) is 6.42 Å². The van der Waals surface area contributed by atoms with Gasteiger partial charge in [-0.15, -0.1) is 0 Å². The zero-order chi connectivity index (χ0) is 32.7. The molecule has 246 valence electrons. The summed E-state index contributed by atoms with van der Waals surface area (Å²) in [5, 5.41) is 7.58. The van der Waals surface area contributed by atoms with Gasteiger partial charge in [0.1, 0.15) is 11.7 Å². The molecule has 0 bridgehead atoms. The minimum absolute atomic E-state index is 0.0719. The molecule has 4 aromatic rings. The number of benzene rings is 2. The van der Waals surface area contributed by atoms with Gasteiger partial charge < -0.3 is 14.8 Å². The number of carbonyl (C=O) groups is 3. The fraction of sp³-hybridized carbons (Fsp3) is 0.444. The maximum Gasteiger partial charge on any atom is 0.321 e. The third-order valence-corrected chi connectivity index (χ3v) is 11.9. The molecule has 5 heterocycles. The Kier molecular flexibility index (Phi) is 8.61. The third kappa shape index (κ3) is 6.30. The number of nitrogens with one attached hydrogen (secondary N) is 2. The first-order valence-electron chi connectivity index (χ1n) is 16.7. The molecule has 0 aliphatic carbocycles. The highest BCUT2D eigenvalue weighted by atomic mass is 32.2. The topological polar surface area (TPSA) is 117 Å². The van der Waals surface area contributed by atoms with Gasteiger partial charge in [-0.3, -0.25) is 14.9 Å². The monoisotopic (exact) mass is 654 g/mol. The van der Waals surface area contributed by atoms with Gasteiger partial charge in [0, 0.05) is 54.3 Å². The zero-order valence-electron chi connectivity index (χ0n) is 27.0. The Bertz CT molecular complexity index is 1880. The molecule has 2 N–H and O–H groups in total. The molecular formula is C36H42N6O4S. The third-order valence-electron chi connectivity index (χ3n) is 10.1. The fourth-order valence-electron chi connectivity index (χ4n) is 7.55. The van der Waals surface area contributed by atoms with E-state index in [1.807, 2.05) is 58.1 Å². The summed E-state index contributed by atoms with van der Waals surface area (Å²) in [6.07, 6.45) is 7.58. The van der Waals surface area contributed by atoms with Crippen LogP contribution < -0.4 is 10.6 Å². The summed E-state index contributed by atoms with van der Waals surface area (Å²) in [7, 11) is -1.12. The van der Waals surface area contributed by atoms with Gasteiger partial charge in [-0.05, 0) is 87.3 Å². The summed E-state index contributed by atoms with van der Waals surface area (Å²) in [4.78, 5) is 44.6.